The van der Waals surface area contributed by atoms with Crippen molar-refractivity contribution in [2.45, 2.75) is 44.5 Å². The third-order valence-electron chi connectivity index (χ3n) is 4.77. The number of nitrogens with one attached hydrogen (secondary N) is 1. The van der Waals surface area contributed by atoms with E-state index in [-0.39, 0.29) is 28.0 Å². The lowest BCUT2D eigenvalue weighted by Crippen LogP contribution is -2.77. The lowest BCUT2D eigenvalue weighted by atomic mass is 10.0. The highest BCUT2D eigenvalue weighted by Gasteiger charge is 2.60. The van der Waals surface area contributed by atoms with Gasteiger partial charge in [0.25, 0.3) is 11.8 Å². The molecule has 5 N–H and O–H groups in total. The third-order valence-corrected chi connectivity index (χ3v) is 6.34. The maximum absolute atomic E-state index is 13.0. The number of amides is 4. The second-order valence-electron chi connectivity index (χ2n) is 7.55. The SMILES string of the molecule is CC(C)(O/N=C(\C(=O)N[C@@H]1C(=O)N(S(=O)(=O)O)[C@@H]1N1C(=O)CCC1=O)c1csc(N)n1)C(=O)O. The molecule has 3 heterocycles. The van der Waals surface area contributed by atoms with Crippen molar-refractivity contribution in [3.05, 3.63) is 11.1 Å². The van der Waals surface area contributed by atoms with Crippen molar-refractivity contribution in [3.63, 3.8) is 0 Å². The van der Waals surface area contributed by atoms with Gasteiger partial charge in [-0.1, -0.05) is 5.16 Å². The maximum Gasteiger partial charge on any atom is 0.364 e. The molecule has 2 saturated heterocycles. The Morgan fingerprint density at radius 1 is 1.29 bits per heavy atom. The maximum atomic E-state index is 13.0. The Labute approximate surface area is 195 Å². The second-order valence-corrected chi connectivity index (χ2v) is 9.73. The van der Waals surface area contributed by atoms with Crippen LogP contribution in [0.1, 0.15) is 32.4 Å². The van der Waals surface area contributed by atoms with E-state index in [0.717, 1.165) is 25.2 Å². The molecule has 2 fully saturated rings. The molecule has 2 atom stereocenters. The van der Waals surface area contributed by atoms with Crippen LogP contribution in [-0.4, -0.2) is 85.4 Å². The normalized spacial score (nSPS) is 21.5. The summed E-state index contributed by atoms with van der Waals surface area (Å²) in [4.78, 5) is 70.1. The third kappa shape index (κ3) is 4.54. The Bertz CT molecular complexity index is 1210. The molecule has 1 aromatic heterocycles. The molecule has 2 aliphatic rings. The number of aromatic nitrogens is 1. The van der Waals surface area contributed by atoms with E-state index >= 15 is 0 Å². The molecule has 0 aliphatic carbocycles. The number of carboxylic acid groups (broad SMARTS) is 1. The zero-order valence-corrected chi connectivity index (χ0v) is 19.1. The van der Waals surface area contributed by atoms with Gasteiger partial charge in [-0.25, -0.2) is 9.78 Å². The molecule has 0 unspecified atom stereocenters. The largest absolute Gasteiger partial charge is 0.478 e. The number of carbonyl (C=O) groups excluding carboxylic acids is 4. The minimum atomic E-state index is -5.19. The van der Waals surface area contributed by atoms with Crippen LogP contribution in [0.3, 0.4) is 0 Å². The number of nitrogen functional groups attached to an aromatic ring is 1. The summed E-state index contributed by atoms with van der Waals surface area (Å²) in [5.74, 6) is -5.58. The van der Waals surface area contributed by atoms with E-state index in [1.165, 1.54) is 5.38 Å². The number of rotatable bonds is 8. The van der Waals surface area contributed by atoms with Gasteiger partial charge < -0.3 is 21.0 Å². The number of carbonyl (C=O) groups is 5. The van der Waals surface area contributed by atoms with Crippen LogP contribution in [0.25, 0.3) is 0 Å². The first kappa shape index (κ1) is 25.0. The number of hydrogen-bond donors (Lipinski definition) is 4. The van der Waals surface area contributed by atoms with E-state index in [1.54, 1.807) is 0 Å². The molecule has 4 amide bonds. The minimum absolute atomic E-state index is 0.0106. The van der Waals surface area contributed by atoms with Gasteiger partial charge in [0.15, 0.2) is 23.1 Å². The lowest BCUT2D eigenvalue weighted by Gasteiger charge is -2.47. The van der Waals surface area contributed by atoms with Crippen molar-refractivity contribution in [3.8, 4) is 0 Å². The van der Waals surface area contributed by atoms with Crippen molar-refractivity contribution in [1.82, 2.24) is 19.5 Å². The predicted octanol–water partition coefficient (Wildman–Crippen LogP) is -2.09. The molecule has 3 rings (SSSR count). The summed E-state index contributed by atoms with van der Waals surface area (Å²) < 4.78 is 32.6. The number of imide groups is 1. The number of hydrogen-bond acceptors (Lipinski definition) is 12. The predicted molar refractivity (Wildman–Crippen MR) is 111 cm³/mol. The van der Waals surface area contributed by atoms with Crippen LogP contribution < -0.4 is 11.1 Å². The number of likely N-dealkylation sites (tertiary alicyclic amines) is 1. The summed E-state index contributed by atoms with van der Waals surface area (Å²) >= 11 is 0.903. The number of thiazole rings is 1. The zero-order chi connectivity index (χ0) is 25.6. The highest BCUT2D eigenvalue weighted by Crippen LogP contribution is 2.31. The molecule has 2 aliphatic heterocycles. The fourth-order valence-corrected chi connectivity index (χ4v) is 4.36. The van der Waals surface area contributed by atoms with E-state index in [0.29, 0.717) is 4.90 Å². The van der Waals surface area contributed by atoms with E-state index in [2.05, 4.69) is 15.5 Å². The topological polar surface area (TPSA) is 239 Å². The molecule has 184 valence electrons. The quantitative estimate of drug-likeness (QED) is 0.0952. The van der Waals surface area contributed by atoms with Crippen LogP contribution in [0.15, 0.2) is 10.5 Å². The van der Waals surface area contributed by atoms with Gasteiger partial charge in [-0.15, -0.1) is 11.3 Å². The second kappa shape index (κ2) is 8.61. The molecule has 0 bridgehead atoms. The van der Waals surface area contributed by atoms with Crippen LogP contribution >= 0.6 is 11.3 Å². The first-order chi connectivity index (χ1) is 15.6. The molecule has 18 heteroatoms. The summed E-state index contributed by atoms with van der Waals surface area (Å²) in [6.07, 6.45) is -2.37. The van der Waals surface area contributed by atoms with Crippen LogP contribution in [-0.2, 0) is 39.1 Å². The average Bonchev–Trinajstić information content (AvgIpc) is 3.28. The van der Waals surface area contributed by atoms with Crippen molar-refractivity contribution in [2.75, 3.05) is 5.73 Å². The number of nitrogens with two attached hydrogens (primary N) is 1. The van der Waals surface area contributed by atoms with Crippen LogP contribution in [0.2, 0.25) is 0 Å². The average molecular weight is 518 g/mol. The number of β-lactam (4-membered cyclic amide) rings is 1. The Kier molecular flexibility index (Phi) is 6.33. The Morgan fingerprint density at radius 2 is 1.88 bits per heavy atom. The number of aliphatic carboxylic acids is 1. The van der Waals surface area contributed by atoms with E-state index in [1.807, 2.05) is 0 Å². The highest BCUT2D eigenvalue weighted by atomic mass is 32.2. The molecule has 0 radical (unpaired) electrons. The van der Waals surface area contributed by atoms with Crippen LogP contribution in [0, 0.1) is 0 Å². The van der Waals surface area contributed by atoms with Crippen LogP contribution in [0.5, 0.6) is 0 Å². The fraction of sp³-hybridized carbons (Fsp3) is 0.438. The van der Waals surface area contributed by atoms with Gasteiger partial charge >= 0.3 is 16.3 Å². The Hall–Kier alpha value is -3.64. The van der Waals surface area contributed by atoms with Gasteiger partial charge in [0.2, 0.25) is 17.4 Å². The first-order valence-electron chi connectivity index (χ1n) is 9.32. The molecule has 34 heavy (non-hydrogen) atoms. The van der Waals surface area contributed by atoms with Gasteiger partial charge in [-0.05, 0) is 13.8 Å². The van der Waals surface area contributed by atoms with E-state index in [9.17, 15) is 42.0 Å². The number of nitrogens with zero attached hydrogens (tertiary/aromatic N) is 4. The molecule has 16 nitrogen and oxygen atoms in total. The monoisotopic (exact) mass is 518 g/mol. The van der Waals surface area contributed by atoms with Crippen LogP contribution in [0.4, 0.5) is 5.13 Å². The molecule has 1 aromatic rings. The molecule has 0 saturated carbocycles. The summed E-state index contributed by atoms with van der Waals surface area (Å²) in [6, 6.07) is -1.77. The lowest BCUT2D eigenvalue weighted by molar-refractivity contribution is -0.162. The number of oxime groups is 1. The van der Waals surface area contributed by atoms with Crippen molar-refractivity contribution >= 4 is 62.1 Å². The number of anilines is 1. The minimum Gasteiger partial charge on any atom is -0.478 e. The van der Waals surface area contributed by atoms with Gasteiger partial charge in [-0.2, -0.15) is 12.7 Å². The molecule has 0 aromatic carbocycles. The summed E-state index contributed by atoms with van der Waals surface area (Å²) in [7, 11) is -5.19. The summed E-state index contributed by atoms with van der Waals surface area (Å²) in [5.41, 5.74) is 2.89. The van der Waals surface area contributed by atoms with Gasteiger partial charge in [-0.3, -0.25) is 28.6 Å². The van der Waals surface area contributed by atoms with Gasteiger partial charge in [0.05, 0.1) is 0 Å². The Morgan fingerprint density at radius 3 is 2.35 bits per heavy atom. The highest BCUT2D eigenvalue weighted by molar-refractivity contribution is 7.84. The van der Waals surface area contributed by atoms with Crippen molar-refractivity contribution in [1.29, 1.82) is 0 Å². The van der Waals surface area contributed by atoms with E-state index < -0.39 is 63.4 Å². The smallest absolute Gasteiger partial charge is 0.364 e. The fourth-order valence-electron chi connectivity index (χ4n) is 2.99. The van der Waals surface area contributed by atoms with Gasteiger partial charge in [0.1, 0.15) is 5.69 Å². The Balaban J connectivity index is 1.94. The first-order valence-corrected chi connectivity index (χ1v) is 11.6. The standard InChI is InChI=1S/C16H18N6O10S2/c1-16(2,14(27)28)32-20-9(6-5-33-15(17)18-6)11(25)19-10-12(21-7(23)3-4-8(21)24)22(13(10)26)34(29,30)31/h5,10,12H,3-4H2,1-2H3,(H2,17,18)(H,19,25)(H,27,28)(H,29,30,31)/b20-9-/t10-,12-/m0/s1. The molecular formula is C16H18N6O10S2. The molecule has 0 spiro atoms. The van der Waals surface area contributed by atoms with Crippen molar-refractivity contribution in [2.24, 2.45) is 5.16 Å². The molecular weight excluding hydrogens is 500 g/mol. The van der Waals surface area contributed by atoms with Gasteiger partial charge in [0, 0.05) is 18.2 Å². The van der Waals surface area contributed by atoms with Crippen molar-refractivity contribution < 1.29 is 46.9 Å². The number of carboxylic acids is 1. The van der Waals surface area contributed by atoms with E-state index in [4.69, 9.17) is 10.6 Å². The summed E-state index contributed by atoms with van der Waals surface area (Å²) in [5, 5.41) is 16.1. The zero-order valence-electron chi connectivity index (χ0n) is 17.5. The summed E-state index contributed by atoms with van der Waals surface area (Å²) in [6.45, 7) is 2.29.